The van der Waals surface area contributed by atoms with Gasteiger partial charge in [-0.05, 0) is 50.1 Å². The van der Waals surface area contributed by atoms with Gasteiger partial charge in [0.25, 0.3) is 5.82 Å². The van der Waals surface area contributed by atoms with Crippen LogP contribution in [0.3, 0.4) is 0 Å². The van der Waals surface area contributed by atoms with E-state index in [0.29, 0.717) is 19.6 Å². The number of imidazole rings is 1. The molecule has 0 fully saturated rings. The Balaban J connectivity index is 0.00000640. The number of hydrogen-bond donors (Lipinski definition) is 3. The lowest BCUT2D eigenvalue weighted by Gasteiger charge is -2.37. The number of hydrogen-bond acceptors (Lipinski definition) is 3. The summed E-state index contributed by atoms with van der Waals surface area (Å²) in [7, 11) is 0. The molecule has 1 aromatic heterocycles. The maximum absolute atomic E-state index is 4.21. The summed E-state index contributed by atoms with van der Waals surface area (Å²) in [6, 6.07) is 98.1. The van der Waals surface area contributed by atoms with E-state index in [-0.39, 0.29) is 17.0 Å². The molecule has 3 N–H and O–H groups in total. The molecule has 0 unspecified atom stereocenters. The predicted octanol–water partition coefficient (Wildman–Crippen LogP) is 9.07. The standard InChI is InChI=1S/C66H62N5.BrH/c1-10-28-54(29-11-1)64(55-30-12-2-13-31-55,56-32-14-3-15-33-56)67-47-46-63-70(50-48-68-65(57-34-16-4-17-35-57,58-36-18-5-19-37-58)59-38-20-6-21-39-59)52-53-71(63)51-49-69-66(60-40-22-7-23-41-60,61-42-24-8-25-43-61)62-44-26-9-27-45-62;/h1-45,52-53,67-69H,46-51H2;1H/q+1;/p-1. The zero-order valence-corrected chi connectivity index (χ0v) is 42.2. The molecule has 0 bridgehead atoms. The fraction of sp³-hybridized carbons (Fsp3) is 0.136. The Labute approximate surface area is 436 Å². The molecular formula is C66H62BrN5. The minimum absolute atomic E-state index is 0. The van der Waals surface area contributed by atoms with Crippen LogP contribution in [0, 0.1) is 0 Å². The number of benzene rings is 9. The van der Waals surface area contributed by atoms with Gasteiger partial charge in [0, 0.05) is 19.6 Å². The van der Waals surface area contributed by atoms with Crippen molar-refractivity contribution < 1.29 is 21.5 Å². The van der Waals surface area contributed by atoms with Crippen molar-refractivity contribution in [3.63, 3.8) is 0 Å². The average Bonchev–Trinajstić information content (AvgIpc) is 3.84. The van der Waals surface area contributed by atoms with Crippen molar-refractivity contribution in [3.05, 3.63) is 341 Å². The van der Waals surface area contributed by atoms with Crippen molar-refractivity contribution in [1.29, 1.82) is 0 Å². The first kappa shape index (κ1) is 49.5. The summed E-state index contributed by atoms with van der Waals surface area (Å²) in [5, 5.41) is 12.5. The van der Waals surface area contributed by atoms with Gasteiger partial charge in [-0.15, -0.1) is 0 Å². The van der Waals surface area contributed by atoms with Gasteiger partial charge in [-0.3, -0.25) is 16.0 Å². The molecule has 358 valence electrons. The van der Waals surface area contributed by atoms with E-state index in [9.17, 15) is 0 Å². The lowest BCUT2D eigenvalue weighted by atomic mass is 9.77. The van der Waals surface area contributed by atoms with E-state index in [0.717, 1.165) is 19.5 Å². The molecule has 0 saturated heterocycles. The summed E-state index contributed by atoms with van der Waals surface area (Å²) < 4.78 is 4.93. The maximum Gasteiger partial charge on any atom is 0.257 e. The molecule has 0 spiro atoms. The van der Waals surface area contributed by atoms with Crippen LogP contribution in [-0.2, 0) is 36.1 Å². The fourth-order valence-corrected chi connectivity index (χ4v) is 10.9. The van der Waals surface area contributed by atoms with Crippen LogP contribution < -0.4 is 37.5 Å². The van der Waals surface area contributed by atoms with Gasteiger partial charge < -0.3 is 17.0 Å². The predicted molar refractivity (Wildman–Crippen MR) is 290 cm³/mol. The molecule has 6 heteroatoms. The molecule has 0 atom stereocenters. The summed E-state index contributed by atoms with van der Waals surface area (Å²) in [5.41, 5.74) is 9.08. The van der Waals surface area contributed by atoms with E-state index >= 15 is 0 Å². The van der Waals surface area contributed by atoms with Crippen LogP contribution >= 0.6 is 0 Å². The Morgan fingerprint density at radius 1 is 0.306 bits per heavy atom. The fourth-order valence-electron chi connectivity index (χ4n) is 10.9. The summed E-state index contributed by atoms with van der Waals surface area (Å²) in [6.45, 7) is 3.66. The van der Waals surface area contributed by atoms with Gasteiger partial charge in [-0.25, -0.2) is 9.13 Å². The Morgan fingerprint density at radius 3 is 0.806 bits per heavy atom. The highest BCUT2D eigenvalue weighted by atomic mass is 79.9. The van der Waals surface area contributed by atoms with Gasteiger partial charge in [0.2, 0.25) is 0 Å². The van der Waals surface area contributed by atoms with Gasteiger partial charge in [-0.2, -0.15) is 0 Å². The highest BCUT2D eigenvalue weighted by Gasteiger charge is 2.39. The van der Waals surface area contributed by atoms with E-state index in [2.05, 4.69) is 310 Å². The van der Waals surface area contributed by atoms with Crippen LogP contribution in [0.5, 0.6) is 0 Å². The Bertz CT molecular complexity index is 2700. The van der Waals surface area contributed by atoms with Crippen molar-refractivity contribution in [2.75, 3.05) is 19.6 Å². The number of nitrogens with zero attached hydrogens (tertiary/aromatic N) is 2. The third-order valence-electron chi connectivity index (χ3n) is 14.2. The molecule has 0 aliphatic carbocycles. The monoisotopic (exact) mass is 1000 g/mol. The first-order valence-corrected chi connectivity index (χ1v) is 25.0. The van der Waals surface area contributed by atoms with Crippen LogP contribution in [0.1, 0.15) is 55.9 Å². The van der Waals surface area contributed by atoms with E-state index in [4.69, 9.17) is 0 Å². The summed E-state index contributed by atoms with van der Waals surface area (Å²) >= 11 is 0. The summed E-state index contributed by atoms with van der Waals surface area (Å²) in [5.74, 6) is 1.25. The van der Waals surface area contributed by atoms with Crippen molar-refractivity contribution in [2.45, 2.75) is 36.1 Å². The lowest BCUT2D eigenvalue weighted by molar-refractivity contribution is -0.702. The second-order valence-electron chi connectivity index (χ2n) is 18.2. The molecule has 72 heavy (non-hydrogen) atoms. The molecule has 0 saturated carbocycles. The van der Waals surface area contributed by atoms with Crippen LogP contribution in [0.2, 0.25) is 0 Å². The smallest absolute Gasteiger partial charge is 0.257 e. The second kappa shape index (κ2) is 23.6. The van der Waals surface area contributed by atoms with E-state index < -0.39 is 16.6 Å². The first-order chi connectivity index (χ1) is 35.2. The average molecular weight is 1010 g/mol. The first-order valence-electron chi connectivity index (χ1n) is 25.0. The second-order valence-corrected chi connectivity index (χ2v) is 18.2. The largest absolute Gasteiger partial charge is 1.00 e. The third-order valence-corrected chi connectivity index (χ3v) is 14.2. The molecular weight excluding hydrogens is 943 g/mol. The molecule has 10 aromatic rings. The number of nitrogens with one attached hydrogen (secondary N) is 3. The zero-order valence-electron chi connectivity index (χ0n) is 40.7. The third kappa shape index (κ3) is 10.2. The lowest BCUT2D eigenvalue weighted by Crippen LogP contribution is -3.00. The molecule has 0 aliphatic rings. The Hall–Kier alpha value is -7.45. The molecule has 9 aromatic carbocycles. The maximum atomic E-state index is 4.21. The van der Waals surface area contributed by atoms with Crippen molar-refractivity contribution in [3.8, 4) is 0 Å². The van der Waals surface area contributed by atoms with Crippen LogP contribution in [0.4, 0.5) is 0 Å². The minimum Gasteiger partial charge on any atom is -1.00 e. The summed E-state index contributed by atoms with van der Waals surface area (Å²) in [6.07, 6.45) is 5.34. The number of aromatic nitrogens is 2. The number of halogens is 1. The van der Waals surface area contributed by atoms with Gasteiger partial charge in [0.15, 0.2) is 0 Å². The Morgan fingerprint density at radius 2 is 0.542 bits per heavy atom. The zero-order chi connectivity index (χ0) is 48.0. The van der Waals surface area contributed by atoms with E-state index in [1.54, 1.807) is 0 Å². The molecule has 0 aliphatic heterocycles. The van der Waals surface area contributed by atoms with Gasteiger partial charge >= 0.3 is 0 Å². The topological polar surface area (TPSA) is 44.9 Å². The molecule has 0 radical (unpaired) electrons. The highest BCUT2D eigenvalue weighted by Crippen LogP contribution is 2.39. The van der Waals surface area contributed by atoms with E-state index in [1.165, 1.54) is 55.9 Å². The molecule has 5 nitrogen and oxygen atoms in total. The van der Waals surface area contributed by atoms with Gasteiger partial charge in [0.05, 0.1) is 23.0 Å². The molecule has 10 rings (SSSR count). The quantitative estimate of drug-likeness (QED) is 0.0498. The van der Waals surface area contributed by atoms with Gasteiger partial charge in [-0.1, -0.05) is 273 Å². The Kier molecular flexibility index (Phi) is 16.3. The van der Waals surface area contributed by atoms with Crippen LogP contribution in [0.25, 0.3) is 0 Å². The van der Waals surface area contributed by atoms with Crippen LogP contribution in [-0.4, -0.2) is 24.2 Å². The summed E-state index contributed by atoms with van der Waals surface area (Å²) in [4.78, 5) is 0. The van der Waals surface area contributed by atoms with Crippen molar-refractivity contribution in [1.82, 2.24) is 20.5 Å². The highest BCUT2D eigenvalue weighted by molar-refractivity contribution is 5.52. The minimum atomic E-state index is -0.587. The van der Waals surface area contributed by atoms with Crippen molar-refractivity contribution >= 4 is 0 Å². The SMILES string of the molecule is [Br-].c1ccc(C(NCCc2n(CCNC(c3ccccc3)(c3ccccc3)c3ccccc3)cc[n+]2CCNC(c2ccccc2)(c2ccccc2)c2ccccc2)(c2ccccc2)c2ccccc2)cc1. The molecule has 1 heterocycles. The van der Waals surface area contributed by atoms with E-state index in [1.807, 2.05) is 0 Å². The van der Waals surface area contributed by atoms with Gasteiger partial charge in [0.1, 0.15) is 25.5 Å². The molecule has 0 amide bonds. The van der Waals surface area contributed by atoms with Crippen LogP contribution in [0.15, 0.2) is 285 Å². The normalized spacial score (nSPS) is 11.7. The number of rotatable bonds is 21. The van der Waals surface area contributed by atoms with Crippen molar-refractivity contribution in [2.24, 2.45) is 0 Å².